The van der Waals surface area contributed by atoms with E-state index in [-0.39, 0.29) is 11.9 Å². The molecule has 14 heavy (non-hydrogen) atoms. The summed E-state index contributed by atoms with van der Waals surface area (Å²) in [5, 5.41) is 3.65. The maximum absolute atomic E-state index is 11.8. The molecule has 1 fully saturated rings. The van der Waals surface area contributed by atoms with Gasteiger partial charge in [0.25, 0.3) is 0 Å². The fourth-order valence-electron chi connectivity index (χ4n) is 1.74. The largest absolute Gasteiger partial charge is 0.273 e. The van der Waals surface area contributed by atoms with Crippen molar-refractivity contribution in [2.45, 2.75) is 32.7 Å². The average Bonchev–Trinajstić information content (AvgIpc) is 2.45. The lowest BCUT2D eigenvalue weighted by molar-refractivity contribution is -0.144. The molecule has 0 unspecified atom stereocenters. The highest BCUT2D eigenvalue weighted by molar-refractivity contribution is 5.76. The summed E-state index contributed by atoms with van der Waals surface area (Å²) in [5.41, 5.74) is 0. The Hall–Kier alpha value is -1.01. The SMILES string of the molecule is C#C[C@@H]1CCN(C)N1C(=O)CC(C)C. The van der Waals surface area contributed by atoms with Crippen LogP contribution >= 0.6 is 0 Å². The average molecular weight is 194 g/mol. The highest BCUT2D eigenvalue weighted by Crippen LogP contribution is 2.18. The van der Waals surface area contributed by atoms with Gasteiger partial charge in [0.2, 0.25) is 5.91 Å². The summed E-state index contributed by atoms with van der Waals surface area (Å²) in [6.45, 7) is 4.95. The molecule has 1 rings (SSSR count). The molecule has 1 atom stereocenters. The molecule has 0 spiro atoms. The van der Waals surface area contributed by atoms with E-state index in [1.807, 2.05) is 25.9 Å². The van der Waals surface area contributed by atoms with Crippen LogP contribution in [0.2, 0.25) is 0 Å². The number of hydrazine groups is 1. The van der Waals surface area contributed by atoms with E-state index in [4.69, 9.17) is 6.42 Å². The molecule has 0 aliphatic carbocycles. The molecule has 1 heterocycles. The van der Waals surface area contributed by atoms with E-state index in [9.17, 15) is 4.79 Å². The van der Waals surface area contributed by atoms with Crippen molar-refractivity contribution < 1.29 is 4.79 Å². The van der Waals surface area contributed by atoms with Crippen LogP contribution in [-0.4, -0.2) is 35.6 Å². The van der Waals surface area contributed by atoms with Crippen molar-refractivity contribution in [3.63, 3.8) is 0 Å². The number of nitrogens with zero attached hydrogens (tertiary/aromatic N) is 2. The molecule has 3 nitrogen and oxygen atoms in total. The predicted molar refractivity (Wildman–Crippen MR) is 56.2 cm³/mol. The van der Waals surface area contributed by atoms with Gasteiger partial charge in [0.15, 0.2) is 0 Å². The molecule has 0 aromatic carbocycles. The number of terminal acetylenes is 1. The summed E-state index contributed by atoms with van der Waals surface area (Å²) in [6.07, 6.45) is 6.84. The Morgan fingerprint density at radius 1 is 1.64 bits per heavy atom. The molecular formula is C11H18N2O. The molecule has 1 aliphatic heterocycles. The standard InChI is InChI=1S/C11H18N2O/c1-5-10-6-7-12(4)13(10)11(14)8-9(2)3/h1,9-10H,6-8H2,2-4H3/t10-/m1/s1. The smallest absolute Gasteiger partial charge is 0.238 e. The number of rotatable bonds is 2. The van der Waals surface area contributed by atoms with Crippen molar-refractivity contribution in [2.24, 2.45) is 5.92 Å². The number of carbonyl (C=O) groups excluding carboxylic acids is 1. The number of carbonyl (C=O) groups is 1. The summed E-state index contributed by atoms with van der Waals surface area (Å²) < 4.78 is 0. The summed E-state index contributed by atoms with van der Waals surface area (Å²) in [6, 6.07) is -0.0359. The van der Waals surface area contributed by atoms with Gasteiger partial charge in [-0.1, -0.05) is 19.8 Å². The molecule has 1 aliphatic rings. The first kappa shape index (κ1) is 11.1. The fourth-order valence-corrected chi connectivity index (χ4v) is 1.74. The van der Waals surface area contributed by atoms with E-state index >= 15 is 0 Å². The van der Waals surface area contributed by atoms with Gasteiger partial charge < -0.3 is 0 Å². The van der Waals surface area contributed by atoms with Gasteiger partial charge in [-0.15, -0.1) is 6.42 Å². The van der Waals surface area contributed by atoms with E-state index in [1.165, 1.54) is 0 Å². The topological polar surface area (TPSA) is 23.6 Å². The summed E-state index contributed by atoms with van der Waals surface area (Å²) in [5.74, 6) is 3.19. The second-order valence-corrected chi connectivity index (χ2v) is 4.19. The monoisotopic (exact) mass is 194 g/mol. The Balaban J connectivity index is 2.65. The van der Waals surface area contributed by atoms with Gasteiger partial charge >= 0.3 is 0 Å². The van der Waals surface area contributed by atoms with Crippen molar-refractivity contribution >= 4 is 5.91 Å². The van der Waals surface area contributed by atoms with Crippen molar-refractivity contribution in [2.75, 3.05) is 13.6 Å². The lowest BCUT2D eigenvalue weighted by atomic mass is 10.1. The van der Waals surface area contributed by atoms with Crippen LogP contribution in [0.15, 0.2) is 0 Å². The molecule has 0 saturated carbocycles. The zero-order chi connectivity index (χ0) is 10.7. The summed E-state index contributed by atoms with van der Waals surface area (Å²) >= 11 is 0. The van der Waals surface area contributed by atoms with Crippen LogP contribution in [-0.2, 0) is 4.79 Å². The lowest BCUT2D eigenvalue weighted by Crippen LogP contribution is -2.43. The molecule has 1 amide bonds. The van der Waals surface area contributed by atoms with Crippen LogP contribution in [0.1, 0.15) is 26.7 Å². The van der Waals surface area contributed by atoms with Gasteiger partial charge in [-0.2, -0.15) is 0 Å². The van der Waals surface area contributed by atoms with Crippen molar-refractivity contribution in [1.29, 1.82) is 0 Å². The van der Waals surface area contributed by atoms with Gasteiger partial charge in [0, 0.05) is 20.0 Å². The molecule has 3 heteroatoms. The first-order chi connectivity index (χ1) is 6.56. The third kappa shape index (κ3) is 2.27. The molecule has 0 aromatic rings. The normalized spacial score (nSPS) is 22.8. The van der Waals surface area contributed by atoms with E-state index in [0.29, 0.717) is 12.3 Å². The fraction of sp³-hybridized carbons (Fsp3) is 0.727. The minimum absolute atomic E-state index is 0.0359. The minimum atomic E-state index is -0.0359. The quantitative estimate of drug-likeness (QED) is 0.615. The van der Waals surface area contributed by atoms with Gasteiger partial charge in [-0.05, 0) is 12.3 Å². The second-order valence-electron chi connectivity index (χ2n) is 4.19. The molecule has 0 aromatic heterocycles. The first-order valence-electron chi connectivity index (χ1n) is 5.05. The van der Waals surface area contributed by atoms with Crippen LogP contribution in [0.4, 0.5) is 0 Å². The highest BCUT2D eigenvalue weighted by Gasteiger charge is 2.31. The van der Waals surface area contributed by atoms with E-state index in [1.54, 1.807) is 5.01 Å². The maximum atomic E-state index is 11.8. The van der Waals surface area contributed by atoms with Crippen molar-refractivity contribution in [1.82, 2.24) is 10.0 Å². The zero-order valence-corrected chi connectivity index (χ0v) is 9.16. The zero-order valence-electron chi connectivity index (χ0n) is 9.16. The molecular weight excluding hydrogens is 176 g/mol. The van der Waals surface area contributed by atoms with Crippen LogP contribution < -0.4 is 0 Å². The van der Waals surface area contributed by atoms with Crippen LogP contribution in [0, 0.1) is 18.3 Å². The Kier molecular flexibility index (Phi) is 3.54. The van der Waals surface area contributed by atoms with Crippen molar-refractivity contribution in [3.05, 3.63) is 0 Å². The highest BCUT2D eigenvalue weighted by atomic mass is 16.2. The Morgan fingerprint density at radius 2 is 2.29 bits per heavy atom. The minimum Gasteiger partial charge on any atom is -0.273 e. The van der Waals surface area contributed by atoms with Gasteiger partial charge in [-0.3, -0.25) is 9.80 Å². The van der Waals surface area contributed by atoms with Gasteiger partial charge in [-0.25, -0.2) is 5.01 Å². The van der Waals surface area contributed by atoms with Crippen LogP contribution in [0.3, 0.4) is 0 Å². The van der Waals surface area contributed by atoms with Crippen LogP contribution in [0.25, 0.3) is 0 Å². The summed E-state index contributed by atoms with van der Waals surface area (Å²) in [7, 11) is 1.91. The van der Waals surface area contributed by atoms with Gasteiger partial charge in [0.1, 0.15) is 6.04 Å². The maximum Gasteiger partial charge on any atom is 0.238 e. The van der Waals surface area contributed by atoms with E-state index in [0.717, 1.165) is 13.0 Å². The Morgan fingerprint density at radius 3 is 2.79 bits per heavy atom. The lowest BCUT2D eigenvalue weighted by Gasteiger charge is -2.27. The molecule has 0 radical (unpaired) electrons. The number of amides is 1. The Bertz CT molecular complexity index is 255. The Labute approximate surface area is 86.0 Å². The molecule has 0 bridgehead atoms. The number of hydrogen-bond acceptors (Lipinski definition) is 2. The second kappa shape index (κ2) is 4.47. The number of hydrogen-bond donors (Lipinski definition) is 0. The van der Waals surface area contributed by atoms with E-state index < -0.39 is 0 Å². The van der Waals surface area contributed by atoms with Crippen LogP contribution in [0.5, 0.6) is 0 Å². The van der Waals surface area contributed by atoms with E-state index in [2.05, 4.69) is 5.92 Å². The first-order valence-corrected chi connectivity index (χ1v) is 5.05. The third-order valence-electron chi connectivity index (χ3n) is 2.42. The third-order valence-corrected chi connectivity index (χ3v) is 2.42. The van der Waals surface area contributed by atoms with Gasteiger partial charge in [0.05, 0.1) is 0 Å². The molecule has 78 valence electrons. The molecule has 1 saturated heterocycles. The summed E-state index contributed by atoms with van der Waals surface area (Å²) in [4.78, 5) is 11.8. The molecule has 0 N–H and O–H groups in total. The predicted octanol–water partition coefficient (Wildman–Crippen LogP) is 1.11. The van der Waals surface area contributed by atoms with Crippen molar-refractivity contribution in [3.8, 4) is 12.3 Å².